The first-order valence-corrected chi connectivity index (χ1v) is 11.3. The molecule has 2 aromatic rings. The molecule has 0 saturated heterocycles. The lowest BCUT2D eigenvalue weighted by atomic mass is 9.88. The Labute approximate surface area is 195 Å². The number of nitrogens with zero attached hydrogens (tertiary/aromatic N) is 6. The van der Waals surface area contributed by atoms with Crippen molar-refractivity contribution in [3.05, 3.63) is 76.0 Å². The van der Waals surface area contributed by atoms with E-state index in [1.807, 2.05) is 49.0 Å². The molecule has 1 aliphatic rings. The Morgan fingerprint density at radius 3 is 2.33 bits per heavy atom. The van der Waals surface area contributed by atoms with Gasteiger partial charge in [0.05, 0.1) is 11.8 Å². The largest absolute Gasteiger partial charge is 0.563 e. The van der Waals surface area contributed by atoms with Gasteiger partial charge in [-0.3, -0.25) is 4.68 Å². The molecule has 7 heteroatoms. The first kappa shape index (κ1) is 23.8. The molecule has 0 saturated carbocycles. The van der Waals surface area contributed by atoms with E-state index in [0.29, 0.717) is 5.57 Å². The molecule has 0 spiro atoms. The summed E-state index contributed by atoms with van der Waals surface area (Å²) in [6.45, 7) is 21.2. The lowest BCUT2D eigenvalue weighted by Crippen LogP contribution is -2.20. The number of ether oxygens (including phenoxy) is 1. The maximum absolute atomic E-state index is 9.76. The van der Waals surface area contributed by atoms with Crippen molar-refractivity contribution in [1.82, 2.24) is 15.0 Å². The van der Waals surface area contributed by atoms with Gasteiger partial charge in [0.2, 0.25) is 5.76 Å². The van der Waals surface area contributed by atoms with Crippen LogP contribution in [0.4, 0.5) is 0 Å². The minimum Gasteiger partial charge on any atom is -0.485 e. The fourth-order valence-electron chi connectivity index (χ4n) is 4.06. The van der Waals surface area contributed by atoms with Crippen LogP contribution in [-0.4, -0.2) is 20.6 Å². The lowest BCUT2D eigenvalue weighted by molar-refractivity contribution is 0.109. The number of unbranched alkanes of at least 4 members (excludes halogenated alkanes) is 5. The van der Waals surface area contributed by atoms with E-state index in [1.165, 1.54) is 32.1 Å². The van der Waals surface area contributed by atoms with E-state index < -0.39 is 5.60 Å². The first-order valence-electron chi connectivity index (χ1n) is 11.3. The predicted molar refractivity (Wildman–Crippen MR) is 127 cm³/mol. The van der Waals surface area contributed by atoms with Crippen molar-refractivity contribution < 1.29 is 4.74 Å². The van der Waals surface area contributed by atoms with Crippen LogP contribution < -0.4 is 0 Å². The molecule has 168 valence electrons. The van der Waals surface area contributed by atoms with E-state index in [9.17, 15) is 5.26 Å². The van der Waals surface area contributed by atoms with E-state index in [4.69, 9.17) is 17.9 Å². The molecule has 0 unspecified atom stereocenters. The molecule has 3 rings (SSSR count). The number of aromatic nitrogens is 3. The molecular weight excluding hydrogens is 412 g/mol. The zero-order chi connectivity index (χ0) is 23.8. The highest BCUT2D eigenvalue weighted by atomic mass is 16.5. The molecule has 0 atom stereocenters. The van der Waals surface area contributed by atoms with Gasteiger partial charge in [-0.1, -0.05) is 68.5 Å². The fraction of sp³-hybridized carbons (Fsp3) is 0.423. The summed E-state index contributed by atoms with van der Waals surface area (Å²) in [5.41, 5.74) is 2.62. The van der Waals surface area contributed by atoms with Crippen LogP contribution in [0.25, 0.3) is 26.5 Å². The second kappa shape index (κ2) is 10.6. The Morgan fingerprint density at radius 1 is 1.06 bits per heavy atom. The highest BCUT2D eigenvalue weighted by Gasteiger charge is 2.42. The Bertz CT molecular complexity index is 1160. The lowest BCUT2D eigenvalue weighted by Gasteiger charge is -2.22. The van der Waals surface area contributed by atoms with Gasteiger partial charge >= 0.3 is 5.82 Å². The van der Waals surface area contributed by atoms with Gasteiger partial charge in [-0.2, -0.15) is 15.0 Å². The fourth-order valence-corrected chi connectivity index (χ4v) is 4.06. The van der Waals surface area contributed by atoms with Gasteiger partial charge in [0, 0.05) is 17.7 Å². The van der Waals surface area contributed by atoms with Gasteiger partial charge in [0.15, 0.2) is 0 Å². The van der Waals surface area contributed by atoms with Gasteiger partial charge in [-0.25, -0.2) is 0 Å². The Balaban J connectivity index is 1.78. The molecule has 7 nitrogen and oxygen atoms in total. The minimum absolute atomic E-state index is 0.0595. The third-order valence-electron chi connectivity index (χ3n) is 5.71. The Hall–Kier alpha value is -3.89. The van der Waals surface area contributed by atoms with Crippen LogP contribution >= 0.6 is 0 Å². The summed E-state index contributed by atoms with van der Waals surface area (Å²) in [7, 11) is 0. The van der Waals surface area contributed by atoms with Gasteiger partial charge < -0.3 is 4.74 Å². The van der Waals surface area contributed by atoms with Crippen molar-refractivity contribution in [3.8, 4) is 17.3 Å². The van der Waals surface area contributed by atoms with Crippen LogP contribution in [-0.2, 0) is 11.3 Å². The molecule has 0 fully saturated rings. The molecule has 0 N–H and O–H groups in total. The number of aryl methyl sites for hydroxylation is 1. The molecule has 1 aliphatic heterocycles. The number of hydrogen-bond donors (Lipinski definition) is 0. The topological polar surface area (TPSA) is 72.5 Å². The maximum atomic E-state index is 9.76. The van der Waals surface area contributed by atoms with Crippen molar-refractivity contribution >= 4 is 5.57 Å². The highest BCUT2D eigenvalue weighted by Crippen LogP contribution is 2.45. The van der Waals surface area contributed by atoms with Crippen LogP contribution in [0.5, 0.6) is 0 Å². The molecule has 2 heterocycles. The van der Waals surface area contributed by atoms with Crippen LogP contribution in [0.2, 0.25) is 0 Å². The summed E-state index contributed by atoms with van der Waals surface area (Å²) >= 11 is 0. The van der Waals surface area contributed by atoms with E-state index in [0.717, 1.165) is 29.8 Å². The number of nitriles is 1. The van der Waals surface area contributed by atoms with Gasteiger partial charge in [-0.05, 0) is 25.8 Å². The van der Waals surface area contributed by atoms with E-state index in [2.05, 4.69) is 33.0 Å². The molecule has 33 heavy (non-hydrogen) atoms. The SMILES string of the molecule is [C-]#[N+]C([N+]#[C-])=C1OC(C)(C)C(c2ccc(-c3cn(CCCCCCCC)nn3)cc2)=C1C#N. The molecule has 0 amide bonds. The molecule has 0 radical (unpaired) electrons. The molecule has 0 aliphatic carbocycles. The summed E-state index contributed by atoms with van der Waals surface area (Å²) < 4.78 is 7.77. The molecule has 1 aromatic heterocycles. The van der Waals surface area contributed by atoms with Crippen molar-refractivity contribution in [2.24, 2.45) is 0 Å². The van der Waals surface area contributed by atoms with Crippen molar-refractivity contribution in [3.63, 3.8) is 0 Å². The zero-order valence-electron chi connectivity index (χ0n) is 19.4. The Morgan fingerprint density at radius 2 is 1.70 bits per heavy atom. The summed E-state index contributed by atoms with van der Waals surface area (Å²) in [5, 5.41) is 18.3. The van der Waals surface area contributed by atoms with Gasteiger partial charge in [0.25, 0.3) is 0 Å². The average Bonchev–Trinajstić information content (AvgIpc) is 3.39. The minimum atomic E-state index is -0.831. The van der Waals surface area contributed by atoms with E-state index in [1.54, 1.807) is 0 Å². The van der Waals surface area contributed by atoms with Crippen molar-refractivity contribution in [1.29, 1.82) is 5.26 Å². The zero-order valence-corrected chi connectivity index (χ0v) is 19.4. The number of rotatable bonds is 9. The standard InChI is InChI=1S/C26H28N6O/c1-6-7-8-9-10-11-16-32-18-22(30-31-32)19-12-14-20(15-13-19)23-21(17-27)24(25(28-4)29-5)33-26(23,2)3/h12-15,18H,6-11,16H2,1-3H3. The monoisotopic (exact) mass is 440 g/mol. The number of allylic oxidation sites excluding steroid dienone is 1. The van der Waals surface area contributed by atoms with Crippen molar-refractivity contribution in [2.45, 2.75) is 71.4 Å². The third-order valence-corrected chi connectivity index (χ3v) is 5.71. The highest BCUT2D eigenvalue weighted by molar-refractivity contribution is 5.84. The van der Waals surface area contributed by atoms with Crippen molar-refractivity contribution in [2.75, 3.05) is 0 Å². The van der Waals surface area contributed by atoms with Crippen LogP contribution in [0.15, 0.2) is 47.6 Å². The van der Waals surface area contributed by atoms with E-state index >= 15 is 0 Å². The number of benzene rings is 1. The smallest absolute Gasteiger partial charge is 0.485 e. The molecular formula is C26H28N6O. The number of hydrogen-bond acceptors (Lipinski definition) is 4. The average molecular weight is 441 g/mol. The summed E-state index contributed by atoms with van der Waals surface area (Å²) in [6.07, 6.45) is 9.38. The van der Waals surface area contributed by atoms with E-state index in [-0.39, 0.29) is 17.2 Å². The quantitative estimate of drug-likeness (QED) is 0.334. The Kier molecular flexibility index (Phi) is 7.65. The molecule has 0 bridgehead atoms. The summed E-state index contributed by atoms with van der Waals surface area (Å²) in [6, 6.07) is 9.85. The van der Waals surface area contributed by atoms with Crippen LogP contribution in [0, 0.1) is 24.5 Å². The predicted octanol–water partition coefficient (Wildman–Crippen LogP) is 6.40. The summed E-state index contributed by atoms with van der Waals surface area (Å²) in [5.74, 6) is -0.169. The second-order valence-electron chi connectivity index (χ2n) is 8.56. The van der Waals surface area contributed by atoms with Gasteiger partial charge in [0.1, 0.15) is 30.5 Å². The first-order chi connectivity index (χ1) is 15.9. The van der Waals surface area contributed by atoms with Gasteiger partial charge in [-0.15, -0.1) is 5.10 Å². The third kappa shape index (κ3) is 5.30. The van der Waals surface area contributed by atoms with Crippen LogP contribution in [0.1, 0.15) is 64.9 Å². The van der Waals surface area contributed by atoms with Crippen LogP contribution in [0.3, 0.4) is 0 Å². The molecule has 1 aromatic carbocycles. The maximum Gasteiger partial charge on any atom is 0.563 e. The summed E-state index contributed by atoms with van der Waals surface area (Å²) in [4.78, 5) is 6.45. The normalized spacial score (nSPS) is 14.4. The second-order valence-corrected chi connectivity index (χ2v) is 8.56.